The van der Waals surface area contributed by atoms with Gasteiger partial charge in [0.2, 0.25) is 0 Å². The van der Waals surface area contributed by atoms with Crippen molar-refractivity contribution >= 4 is 0 Å². The van der Waals surface area contributed by atoms with Crippen LogP contribution in [0.1, 0.15) is 12.0 Å². The molecule has 2 aromatic rings. The van der Waals surface area contributed by atoms with E-state index in [-0.39, 0.29) is 0 Å². The number of nitrogens with zero attached hydrogens (tertiary/aromatic N) is 2. The highest BCUT2D eigenvalue weighted by Crippen LogP contribution is 2.30. The van der Waals surface area contributed by atoms with Crippen molar-refractivity contribution in [3.05, 3.63) is 54.1 Å². The number of para-hydroxylation sites is 1. The van der Waals surface area contributed by atoms with Gasteiger partial charge in [0.25, 0.3) is 0 Å². The third-order valence-corrected chi connectivity index (χ3v) is 4.88. The molecule has 0 saturated carbocycles. The monoisotopic (exact) mass is 324 g/mol. The molecule has 3 heteroatoms. The Hall–Kier alpha value is -1.84. The molecule has 1 aliphatic heterocycles. The highest BCUT2D eigenvalue weighted by Gasteiger charge is 2.13. The van der Waals surface area contributed by atoms with Crippen molar-refractivity contribution in [3.8, 4) is 16.9 Å². The van der Waals surface area contributed by atoms with Crippen LogP contribution in [0.5, 0.6) is 5.75 Å². The minimum Gasteiger partial charge on any atom is -0.496 e. The van der Waals surface area contributed by atoms with E-state index in [4.69, 9.17) is 4.74 Å². The molecule has 0 atom stereocenters. The summed E-state index contributed by atoms with van der Waals surface area (Å²) in [6.45, 7) is 6.01. The second-order valence-electron chi connectivity index (χ2n) is 6.65. The average molecular weight is 324 g/mol. The summed E-state index contributed by atoms with van der Waals surface area (Å²) in [4.78, 5) is 5.00. The Balaban J connectivity index is 1.59. The zero-order chi connectivity index (χ0) is 16.8. The van der Waals surface area contributed by atoms with Crippen molar-refractivity contribution in [1.29, 1.82) is 0 Å². The average Bonchev–Trinajstić information content (AvgIpc) is 2.63. The molecule has 24 heavy (non-hydrogen) atoms. The summed E-state index contributed by atoms with van der Waals surface area (Å²) >= 11 is 0. The number of benzene rings is 2. The maximum absolute atomic E-state index is 5.50. The third-order valence-electron chi connectivity index (χ3n) is 4.88. The van der Waals surface area contributed by atoms with Crippen LogP contribution in [0.3, 0.4) is 0 Å². The molecule has 0 spiro atoms. The summed E-state index contributed by atoms with van der Waals surface area (Å²) in [7, 11) is 3.94. The van der Waals surface area contributed by atoms with Crippen LogP contribution in [0.2, 0.25) is 0 Å². The van der Waals surface area contributed by atoms with Crippen molar-refractivity contribution < 1.29 is 4.74 Å². The Morgan fingerprint density at radius 2 is 1.75 bits per heavy atom. The van der Waals surface area contributed by atoms with Crippen molar-refractivity contribution in [2.45, 2.75) is 12.8 Å². The molecule has 1 aliphatic rings. The van der Waals surface area contributed by atoms with Crippen LogP contribution >= 0.6 is 0 Å². The van der Waals surface area contributed by atoms with Crippen LogP contribution in [0.25, 0.3) is 11.1 Å². The molecule has 0 aliphatic carbocycles. The number of piperazine rings is 1. The van der Waals surface area contributed by atoms with E-state index in [0.717, 1.165) is 12.2 Å². The maximum atomic E-state index is 5.50. The standard InChI is InChI=1S/C21H28N2O/c1-22-13-15-23(16-14-22)12-6-8-18-7-5-9-19(17-18)20-10-3-4-11-21(20)24-2/h3-5,7,9-11,17H,6,8,12-16H2,1-2H3. The van der Waals surface area contributed by atoms with Crippen LogP contribution in [0, 0.1) is 0 Å². The van der Waals surface area contributed by atoms with E-state index in [1.54, 1.807) is 7.11 Å². The lowest BCUT2D eigenvalue weighted by Gasteiger charge is -2.32. The highest BCUT2D eigenvalue weighted by atomic mass is 16.5. The molecule has 0 amide bonds. The smallest absolute Gasteiger partial charge is 0.126 e. The van der Waals surface area contributed by atoms with Gasteiger partial charge < -0.3 is 14.5 Å². The van der Waals surface area contributed by atoms with Crippen LogP contribution in [0.15, 0.2) is 48.5 Å². The molecule has 0 aromatic heterocycles. The molecule has 0 N–H and O–H groups in total. The second kappa shape index (κ2) is 8.32. The summed E-state index contributed by atoms with van der Waals surface area (Å²) in [5.74, 6) is 0.937. The number of likely N-dealkylation sites (N-methyl/N-ethyl adjacent to an activating group) is 1. The Kier molecular flexibility index (Phi) is 5.89. The minimum atomic E-state index is 0.937. The van der Waals surface area contributed by atoms with Gasteiger partial charge in [0.1, 0.15) is 5.75 Å². The van der Waals surface area contributed by atoms with E-state index in [9.17, 15) is 0 Å². The van der Waals surface area contributed by atoms with E-state index in [1.807, 2.05) is 12.1 Å². The van der Waals surface area contributed by atoms with Crippen molar-refractivity contribution in [1.82, 2.24) is 9.80 Å². The lowest BCUT2D eigenvalue weighted by Crippen LogP contribution is -2.44. The molecular weight excluding hydrogens is 296 g/mol. The summed E-state index contributed by atoms with van der Waals surface area (Å²) in [6, 6.07) is 17.1. The first kappa shape index (κ1) is 17.0. The minimum absolute atomic E-state index is 0.937. The van der Waals surface area contributed by atoms with Gasteiger partial charge in [-0.05, 0) is 43.6 Å². The van der Waals surface area contributed by atoms with E-state index < -0.39 is 0 Å². The third kappa shape index (κ3) is 4.37. The summed E-state index contributed by atoms with van der Waals surface area (Å²) in [5, 5.41) is 0. The number of ether oxygens (including phenoxy) is 1. The van der Waals surface area contributed by atoms with E-state index in [0.29, 0.717) is 0 Å². The SMILES string of the molecule is COc1ccccc1-c1cccc(CCCN2CCN(C)CC2)c1. The number of hydrogen-bond donors (Lipinski definition) is 0. The number of rotatable bonds is 6. The van der Waals surface area contributed by atoms with E-state index >= 15 is 0 Å². The molecule has 0 radical (unpaired) electrons. The Morgan fingerprint density at radius 3 is 2.54 bits per heavy atom. The van der Waals surface area contributed by atoms with Crippen LogP contribution in [0.4, 0.5) is 0 Å². The van der Waals surface area contributed by atoms with Gasteiger partial charge in [0.15, 0.2) is 0 Å². The predicted octanol–water partition coefficient (Wildman–Crippen LogP) is 3.54. The molecule has 2 aromatic carbocycles. The summed E-state index contributed by atoms with van der Waals surface area (Å²) < 4.78 is 5.50. The van der Waals surface area contributed by atoms with Gasteiger partial charge in [-0.1, -0.05) is 42.5 Å². The quantitative estimate of drug-likeness (QED) is 0.808. The number of methoxy groups -OCH3 is 1. The Morgan fingerprint density at radius 1 is 0.958 bits per heavy atom. The molecule has 0 unspecified atom stereocenters. The second-order valence-corrected chi connectivity index (χ2v) is 6.65. The normalized spacial score (nSPS) is 16.2. The van der Waals surface area contributed by atoms with Crippen molar-refractivity contribution in [2.24, 2.45) is 0 Å². The highest BCUT2D eigenvalue weighted by molar-refractivity contribution is 5.70. The first-order valence-electron chi connectivity index (χ1n) is 8.89. The van der Waals surface area contributed by atoms with Crippen LogP contribution < -0.4 is 4.74 Å². The molecular formula is C21H28N2O. The lowest BCUT2D eigenvalue weighted by atomic mass is 10.00. The first-order valence-corrected chi connectivity index (χ1v) is 8.89. The van der Waals surface area contributed by atoms with Gasteiger partial charge in [0.05, 0.1) is 7.11 Å². The molecule has 1 heterocycles. The molecule has 0 bridgehead atoms. The van der Waals surface area contributed by atoms with Crippen LogP contribution in [-0.4, -0.2) is 56.7 Å². The van der Waals surface area contributed by atoms with Gasteiger partial charge in [-0.2, -0.15) is 0 Å². The Labute approximate surface area is 145 Å². The largest absolute Gasteiger partial charge is 0.496 e. The molecule has 1 fully saturated rings. The fraction of sp³-hybridized carbons (Fsp3) is 0.429. The van der Waals surface area contributed by atoms with Gasteiger partial charge in [-0.3, -0.25) is 0 Å². The fourth-order valence-electron chi connectivity index (χ4n) is 3.36. The van der Waals surface area contributed by atoms with E-state index in [1.165, 1.54) is 55.8 Å². The lowest BCUT2D eigenvalue weighted by molar-refractivity contribution is 0.153. The molecule has 3 nitrogen and oxygen atoms in total. The van der Waals surface area contributed by atoms with Gasteiger partial charge in [0, 0.05) is 31.7 Å². The molecule has 3 rings (SSSR count). The molecule has 128 valence electrons. The number of hydrogen-bond acceptors (Lipinski definition) is 3. The van der Waals surface area contributed by atoms with Crippen molar-refractivity contribution in [2.75, 3.05) is 46.9 Å². The fourth-order valence-corrected chi connectivity index (χ4v) is 3.36. The van der Waals surface area contributed by atoms with Crippen molar-refractivity contribution in [3.63, 3.8) is 0 Å². The topological polar surface area (TPSA) is 15.7 Å². The Bertz CT molecular complexity index is 648. The zero-order valence-electron chi connectivity index (χ0n) is 14.9. The summed E-state index contributed by atoms with van der Waals surface area (Å²) in [6.07, 6.45) is 2.36. The summed E-state index contributed by atoms with van der Waals surface area (Å²) in [5.41, 5.74) is 3.82. The van der Waals surface area contributed by atoms with Gasteiger partial charge >= 0.3 is 0 Å². The zero-order valence-corrected chi connectivity index (χ0v) is 14.9. The van der Waals surface area contributed by atoms with E-state index in [2.05, 4.69) is 53.2 Å². The van der Waals surface area contributed by atoms with Gasteiger partial charge in [-0.15, -0.1) is 0 Å². The molecule has 1 saturated heterocycles. The maximum Gasteiger partial charge on any atom is 0.126 e. The predicted molar refractivity (Wildman–Crippen MR) is 101 cm³/mol. The van der Waals surface area contributed by atoms with Gasteiger partial charge in [-0.25, -0.2) is 0 Å². The van der Waals surface area contributed by atoms with Crippen LogP contribution in [-0.2, 0) is 6.42 Å². The first-order chi connectivity index (χ1) is 11.8. The number of aryl methyl sites for hydroxylation is 1.